The lowest BCUT2D eigenvalue weighted by Crippen LogP contribution is -2.47. The molecule has 0 bridgehead atoms. The van der Waals surface area contributed by atoms with Crippen LogP contribution in [0.5, 0.6) is 0 Å². The van der Waals surface area contributed by atoms with E-state index in [2.05, 4.69) is 12.2 Å². The zero-order valence-corrected chi connectivity index (χ0v) is 16.1. The van der Waals surface area contributed by atoms with Gasteiger partial charge in [0.05, 0.1) is 0 Å². The van der Waals surface area contributed by atoms with Gasteiger partial charge in [-0.25, -0.2) is 0 Å². The Morgan fingerprint density at radius 1 is 1.17 bits per heavy atom. The monoisotopic (exact) mass is 372 g/mol. The first-order valence-corrected chi connectivity index (χ1v) is 9.18. The van der Waals surface area contributed by atoms with Crippen LogP contribution < -0.4 is 5.32 Å². The van der Waals surface area contributed by atoms with Crippen LogP contribution in [0, 0.1) is 0 Å². The first-order valence-electron chi connectivity index (χ1n) is 8.42. The molecule has 6 heteroatoms. The van der Waals surface area contributed by atoms with Crippen LogP contribution >= 0.6 is 23.2 Å². The van der Waals surface area contributed by atoms with Crippen LogP contribution in [0.4, 0.5) is 0 Å². The van der Waals surface area contributed by atoms with Crippen molar-refractivity contribution in [3.05, 3.63) is 33.8 Å². The minimum Gasteiger partial charge on any atom is -0.354 e. The van der Waals surface area contributed by atoms with Crippen molar-refractivity contribution >= 4 is 35.0 Å². The Labute approximate surface area is 154 Å². The summed E-state index contributed by atoms with van der Waals surface area (Å²) in [6.07, 6.45) is 3.02. The smallest absolute Gasteiger partial charge is 0.242 e. The fourth-order valence-electron chi connectivity index (χ4n) is 2.33. The Balaban J connectivity index is 2.95. The van der Waals surface area contributed by atoms with Gasteiger partial charge in [-0.1, -0.05) is 49.5 Å². The largest absolute Gasteiger partial charge is 0.354 e. The molecule has 4 nitrogen and oxygen atoms in total. The van der Waals surface area contributed by atoms with Gasteiger partial charge in [-0.15, -0.1) is 0 Å². The molecule has 2 amide bonds. The third-order valence-corrected chi connectivity index (χ3v) is 4.56. The molecule has 0 radical (unpaired) electrons. The van der Waals surface area contributed by atoms with Gasteiger partial charge < -0.3 is 10.2 Å². The van der Waals surface area contributed by atoms with Crippen LogP contribution in [0.1, 0.15) is 52.0 Å². The second-order valence-corrected chi connectivity index (χ2v) is 6.61. The quantitative estimate of drug-likeness (QED) is 0.651. The molecule has 1 aromatic carbocycles. The van der Waals surface area contributed by atoms with Gasteiger partial charge in [0.1, 0.15) is 6.04 Å². The Kier molecular flexibility index (Phi) is 9.16. The Morgan fingerprint density at radius 3 is 2.33 bits per heavy atom. The second-order valence-electron chi connectivity index (χ2n) is 5.79. The van der Waals surface area contributed by atoms with Crippen LogP contribution in [0.15, 0.2) is 18.2 Å². The summed E-state index contributed by atoms with van der Waals surface area (Å²) in [6.45, 7) is 6.57. The average molecular weight is 373 g/mol. The van der Waals surface area contributed by atoms with Crippen LogP contribution in [0.3, 0.4) is 0 Å². The van der Waals surface area contributed by atoms with Gasteiger partial charge in [-0.3, -0.25) is 9.59 Å². The van der Waals surface area contributed by atoms with Gasteiger partial charge in [0.25, 0.3) is 0 Å². The molecular weight excluding hydrogens is 347 g/mol. The molecule has 1 aromatic rings. The minimum absolute atomic E-state index is 0.0772. The SMILES string of the molecule is CCCCNC(=O)C(C)N(Cc1c(Cl)cccc1Cl)C(=O)CCC. The lowest BCUT2D eigenvalue weighted by Gasteiger charge is -2.29. The molecule has 0 aliphatic carbocycles. The molecule has 1 unspecified atom stereocenters. The molecule has 0 aromatic heterocycles. The van der Waals surface area contributed by atoms with E-state index in [4.69, 9.17) is 23.2 Å². The molecule has 0 saturated heterocycles. The Morgan fingerprint density at radius 2 is 1.79 bits per heavy atom. The molecule has 0 heterocycles. The summed E-state index contributed by atoms with van der Waals surface area (Å²) in [5, 5.41) is 3.87. The van der Waals surface area contributed by atoms with Gasteiger partial charge in [-0.05, 0) is 31.9 Å². The van der Waals surface area contributed by atoms with Crippen molar-refractivity contribution < 1.29 is 9.59 Å². The van der Waals surface area contributed by atoms with Gasteiger partial charge in [0, 0.05) is 35.1 Å². The van der Waals surface area contributed by atoms with Crippen molar-refractivity contribution in [3.63, 3.8) is 0 Å². The predicted octanol–water partition coefficient (Wildman–Crippen LogP) is 4.43. The first-order chi connectivity index (χ1) is 11.4. The zero-order valence-electron chi connectivity index (χ0n) is 14.6. The number of benzene rings is 1. The van der Waals surface area contributed by atoms with Crippen molar-refractivity contribution in [3.8, 4) is 0 Å². The number of hydrogen-bond donors (Lipinski definition) is 1. The second kappa shape index (κ2) is 10.6. The number of nitrogens with zero attached hydrogens (tertiary/aromatic N) is 1. The van der Waals surface area contributed by atoms with Crippen LogP contribution in [0.25, 0.3) is 0 Å². The van der Waals surface area contributed by atoms with E-state index in [0.29, 0.717) is 28.6 Å². The summed E-state index contributed by atoms with van der Waals surface area (Å²) >= 11 is 12.4. The molecule has 1 atom stereocenters. The normalized spacial score (nSPS) is 11.9. The van der Waals surface area contributed by atoms with Crippen molar-refractivity contribution in [2.75, 3.05) is 6.54 Å². The number of unbranched alkanes of at least 4 members (excludes halogenated alkanes) is 1. The van der Waals surface area contributed by atoms with E-state index in [1.165, 1.54) is 0 Å². The van der Waals surface area contributed by atoms with E-state index in [1.807, 2.05) is 6.92 Å². The molecule has 0 aliphatic heterocycles. The van der Waals surface area contributed by atoms with Crippen LogP contribution in [0.2, 0.25) is 10.0 Å². The van der Waals surface area contributed by atoms with Crippen LogP contribution in [-0.2, 0) is 16.1 Å². The van der Waals surface area contributed by atoms with Gasteiger partial charge in [0.15, 0.2) is 0 Å². The molecule has 0 aliphatic rings. The number of carbonyl (C=O) groups is 2. The molecule has 24 heavy (non-hydrogen) atoms. The van der Waals surface area contributed by atoms with E-state index in [9.17, 15) is 9.59 Å². The number of hydrogen-bond acceptors (Lipinski definition) is 2. The third kappa shape index (κ3) is 5.99. The summed E-state index contributed by atoms with van der Waals surface area (Å²) in [5.74, 6) is -0.234. The summed E-state index contributed by atoms with van der Waals surface area (Å²) in [4.78, 5) is 26.4. The fourth-order valence-corrected chi connectivity index (χ4v) is 2.85. The van der Waals surface area contributed by atoms with E-state index < -0.39 is 6.04 Å². The number of nitrogens with one attached hydrogen (secondary N) is 1. The number of carbonyl (C=O) groups excluding carboxylic acids is 2. The van der Waals surface area contributed by atoms with E-state index in [-0.39, 0.29) is 18.4 Å². The highest BCUT2D eigenvalue weighted by atomic mass is 35.5. The molecule has 1 rings (SSSR count). The summed E-state index contributed by atoms with van der Waals surface area (Å²) in [7, 11) is 0. The maximum absolute atomic E-state index is 12.5. The predicted molar refractivity (Wildman–Crippen MR) is 99.3 cm³/mol. The van der Waals surface area contributed by atoms with Crippen molar-refractivity contribution in [2.45, 2.75) is 59.0 Å². The molecule has 0 fully saturated rings. The Hall–Kier alpha value is -1.26. The standard InChI is InChI=1S/C18H26Cl2N2O2/c1-4-6-11-21-18(24)13(3)22(17(23)8-5-2)12-14-15(19)9-7-10-16(14)20/h7,9-10,13H,4-6,8,11-12H2,1-3H3,(H,21,24). The highest BCUT2D eigenvalue weighted by Crippen LogP contribution is 2.26. The van der Waals surface area contributed by atoms with E-state index >= 15 is 0 Å². The van der Waals surface area contributed by atoms with Crippen molar-refractivity contribution in [1.29, 1.82) is 0 Å². The Bertz CT molecular complexity index is 544. The third-order valence-electron chi connectivity index (χ3n) is 3.85. The van der Waals surface area contributed by atoms with E-state index in [0.717, 1.165) is 19.3 Å². The van der Waals surface area contributed by atoms with Crippen molar-refractivity contribution in [1.82, 2.24) is 10.2 Å². The van der Waals surface area contributed by atoms with E-state index in [1.54, 1.807) is 30.0 Å². The molecule has 0 saturated carbocycles. The van der Waals surface area contributed by atoms with Gasteiger partial charge in [0.2, 0.25) is 11.8 Å². The zero-order chi connectivity index (χ0) is 18.1. The van der Waals surface area contributed by atoms with Crippen molar-refractivity contribution in [2.24, 2.45) is 0 Å². The highest BCUT2D eigenvalue weighted by molar-refractivity contribution is 6.36. The lowest BCUT2D eigenvalue weighted by molar-refractivity contribution is -0.140. The summed E-state index contributed by atoms with van der Waals surface area (Å²) < 4.78 is 0. The summed E-state index contributed by atoms with van der Waals surface area (Å²) in [5.41, 5.74) is 0.665. The molecule has 1 N–H and O–H groups in total. The van der Waals surface area contributed by atoms with Gasteiger partial charge >= 0.3 is 0 Å². The maximum Gasteiger partial charge on any atom is 0.242 e. The number of rotatable bonds is 9. The maximum atomic E-state index is 12.5. The number of amides is 2. The molecular formula is C18H26Cl2N2O2. The highest BCUT2D eigenvalue weighted by Gasteiger charge is 2.26. The minimum atomic E-state index is -0.576. The molecule has 134 valence electrons. The van der Waals surface area contributed by atoms with Crippen LogP contribution in [-0.4, -0.2) is 29.3 Å². The average Bonchev–Trinajstić information content (AvgIpc) is 2.54. The fraction of sp³-hybridized carbons (Fsp3) is 0.556. The lowest BCUT2D eigenvalue weighted by atomic mass is 10.1. The number of halogens is 2. The topological polar surface area (TPSA) is 49.4 Å². The first kappa shape index (κ1) is 20.8. The van der Waals surface area contributed by atoms with Gasteiger partial charge in [-0.2, -0.15) is 0 Å². The summed E-state index contributed by atoms with van der Waals surface area (Å²) in [6, 6.07) is 4.65. The molecule has 0 spiro atoms.